The Morgan fingerprint density at radius 3 is 2.52 bits per heavy atom. The summed E-state index contributed by atoms with van der Waals surface area (Å²) >= 11 is 0. The van der Waals surface area contributed by atoms with E-state index in [-0.39, 0.29) is 28.4 Å². The van der Waals surface area contributed by atoms with Crippen LogP contribution in [0.4, 0.5) is 25.0 Å². The number of imidazole rings is 1. The Bertz CT molecular complexity index is 1890. The van der Waals surface area contributed by atoms with E-state index < -0.39 is 45.5 Å². The van der Waals surface area contributed by atoms with Crippen LogP contribution in [0.15, 0.2) is 55.0 Å². The third-order valence-electron chi connectivity index (χ3n) is 7.02. The summed E-state index contributed by atoms with van der Waals surface area (Å²) < 4.78 is 70.5. The van der Waals surface area contributed by atoms with Gasteiger partial charge in [-0.15, -0.1) is 0 Å². The van der Waals surface area contributed by atoms with Crippen LogP contribution in [0.2, 0.25) is 0 Å². The quantitative estimate of drug-likeness (QED) is 0.252. The second-order valence-corrected chi connectivity index (χ2v) is 13.0. The number of carbonyl (C=O) groups excluding carboxylic acids is 2. The highest BCUT2D eigenvalue weighted by Gasteiger charge is 2.28. The lowest BCUT2D eigenvalue weighted by Gasteiger charge is -2.34. The van der Waals surface area contributed by atoms with Gasteiger partial charge in [-0.05, 0) is 63.9 Å². The molecule has 16 heteroatoms. The lowest BCUT2D eigenvalue weighted by atomic mass is 10.0. The smallest absolute Gasteiger partial charge is 0.422 e. The van der Waals surface area contributed by atoms with Gasteiger partial charge in [0.05, 0.1) is 24.0 Å². The Labute approximate surface area is 264 Å². The molecular weight excluding hydrogens is 624 g/mol. The molecule has 1 saturated heterocycles. The van der Waals surface area contributed by atoms with Crippen LogP contribution in [0.25, 0.3) is 16.9 Å². The van der Waals surface area contributed by atoms with Gasteiger partial charge in [-0.1, -0.05) is 6.07 Å². The van der Waals surface area contributed by atoms with Gasteiger partial charge < -0.3 is 24.1 Å². The zero-order valence-electron chi connectivity index (χ0n) is 25.5. The van der Waals surface area contributed by atoms with E-state index in [1.807, 2.05) is 9.62 Å². The number of piperidine rings is 1. The molecule has 13 nitrogen and oxygen atoms in total. The number of nitrogens with zero attached hydrogens (tertiary/aromatic N) is 4. The fourth-order valence-electron chi connectivity index (χ4n) is 5.08. The number of hydrogen-bond donors (Lipinski definition) is 3. The van der Waals surface area contributed by atoms with E-state index in [2.05, 4.69) is 20.0 Å². The number of fused-ring (bicyclic) bond motifs is 1. The molecule has 1 fully saturated rings. The van der Waals surface area contributed by atoms with E-state index in [9.17, 15) is 22.4 Å². The predicted molar refractivity (Wildman–Crippen MR) is 166 cm³/mol. The lowest BCUT2D eigenvalue weighted by molar-refractivity contribution is 0.0569. The van der Waals surface area contributed by atoms with Crippen LogP contribution in [0.3, 0.4) is 0 Å². The molecule has 2 amide bonds. The molecule has 2 aromatic heterocycles. The van der Waals surface area contributed by atoms with Gasteiger partial charge >= 0.3 is 16.3 Å². The second-order valence-electron chi connectivity index (χ2n) is 11.6. The van der Waals surface area contributed by atoms with Crippen LogP contribution in [0, 0.1) is 11.6 Å². The Morgan fingerprint density at radius 1 is 1.09 bits per heavy atom. The molecule has 1 aliphatic rings. The summed E-state index contributed by atoms with van der Waals surface area (Å²) in [5, 5.41) is 2.72. The van der Waals surface area contributed by atoms with Crippen molar-refractivity contribution >= 4 is 39.2 Å². The normalized spacial score (nSPS) is 14.3. The Morgan fingerprint density at radius 2 is 1.83 bits per heavy atom. The number of methoxy groups -OCH3 is 1. The summed E-state index contributed by atoms with van der Waals surface area (Å²) in [5.74, 6) is -1.69. The fourth-order valence-corrected chi connectivity index (χ4v) is 6.07. The van der Waals surface area contributed by atoms with E-state index in [1.54, 1.807) is 33.0 Å². The van der Waals surface area contributed by atoms with Gasteiger partial charge in [0.1, 0.15) is 34.4 Å². The van der Waals surface area contributed by atoms with Crippen molar-refractivity contribution in [3.8, 4) is 17.0 Å². The van der Waals surface area contributed by atoms with E-state index in [4.69, 9.17) is 9.47 Å². The topological polar surface area (TPSA) is 156 Å². The number of benzene rings is 2. The SMILES string of the molecule is COc1cccc(F)c1-c1nc(C(=O)Nc2cc(F)ccc2N2CCC(NS(=O)(=O)NC(=O)OC(C)(C)C)CC2)cn2ccnc12. The first-order valence-corrected chi connectivity index (χ1v) is 15.8. The lowest BCUT2D eigenvalue weighted by Crippen LogP contribution is -2.50. The van der Waals surface area contributed by atoms with Crippen LogP contribution in [-0.4, -0.2) is 66.6 Å². The van der Waals surface area contributed by atoms with E-state index in [0.717, 1.165) is 0 Å². The molecule has 46 heavy (non-hydrogen) atoms. The molecule has 0 bridgehead atoms. The molecule has 0 spiro atoms. The van der Waals surface area contributed by atoms with Crippen molar-refractivity contribution in [2.24, 2.45) is 0 Å². The summed E-state index contributed by atoms with van der Waals surface area (Å²) in [5.41, 5.74) is 0.110. The number of aromatic nitrogens is 3. The molecule has 0 unspecified atom stereocenters. The fraction of sp³-hybridized carbons (Fsp3) is 0.333. The van der Waals surface area contributed by atoms with Crippen molar-refractivity contribution < 1.29 is 36.3 Å². The maximum atomic E-state index is 15.0. The van der Waals surface area contributed by atoms with Gasteiger partial charge in [0.2, 0.25) is 0 Å². The maximum Gasteiger partial charge on any atom is 0.422 e. The molecule has 2 aromatic carbocycles. The van der Waals surface area contributed by atoms with Gasteiger partial charge in [0, 0.05) is 37.7 Å². The van der Waals surface area contributed by atoms with Crippen molar-refractivity contribution in [3.05, 3.63) is 72.3 Å². The van der Waals surface area contributed by atoms with Crippen molar-refractivity contribution in [3.63, 3.8) is 0 Å². The summed E-state index contributed by atoms with van der Waals surface area (Å²) in [4.78, 5) is 36.0. The van der Waals surface area contributed by atoms with Gasteiger partial charge in [0.25, 0.3) is 5.91 Å². The summed E-state index contributed by atoms with van der Waals surface area (Å²) in [6.07, 6.45) is 4.11. The van der Waals surface area contributed by atoms with Gasteiger partial charge in [-0.2, -0.15) is 13.1 Å². The monoisotopic (exact) mass is 657 g/mol. The maximum absolute atomic E-state index is 15.0. The predicted octanol–water partition coefficient (Wildman–Crippen LogP) is 4.26. The number of anilines is 2. The minimum absolute atomic E-state index is 0.0297. The number of halogens is 2. The standard InChI is InChI=1S/C30H33F2N7O6S/c1-30(2,3)45-29(41)37-46(42,43)36-19-10-13-38(14-11-19)23-9-8-18(31)16-21(23)35-28(40)22-17-39-15-12-33-27(39)26(34-22)25-20(32)6-5-7-24(25)44-4/h5-9,12,15-17,19,36H,10-11,13-14H2,1-4H3,(H,35,40)(H,37,41). The molecule has 5 rings (SSSR count). The van der Waals surface area contributed by atoms with Gasteiger partial charge in [-0.25, -0.2) is 28.3 Å². The molecule has 0 atom stereocenters. The van der Waals surface area contributed by atoms with Gasteiger partial charge in [-0.3, -0.25) is 4.79 Å². The Kier molecular flexibility index (Phi) is 9.12. The summed E-state index contributed by atoms with van der Waals surface area (Å²) in [7, 11) is -2.79. The zero-order chi connectivity index (χ0) is 33.2. The van der Waals surface area contributed by atoms with E-state index in [0.29, 0.717) is 37.3 Å². The number of hydrogen-bond acceptors (Lipinski definition) is 9. The number of rotatable bonds is 8. The molecule has 0 radical (unpaired) electrons. The summed E-state index contributed by atoms with van der Waals surface area (Å²) in [6, 6.07) is 7.75. The number of nitrogens with one attached hydrogen (secondary N) is 3. The molecule has 0 saturated carbocycles. The molecule has 4 aromatic rings. The van der Waals surface area contributed by atoms with Gasteiger partial charge in [0.15, 0.2) is 5.65 Å². The average molecular weight is 658 g/mol. The molecular formula is C30H33F2N7O6S. The first kappa shape index (κ1) is 32.6. The van der Waals surface area contributed by atoms with Crippen LogP contribution in [-0.2, 0) is 14.9 Å². The molecule has 0 aliphatic carbocycles. The summed E-state index contributed by atoms with van der Waals surface area (Å²) in [6.45, 7) is 5.55. The highest BCUT2D eigenvalue weighted by atomic mass is 32.2. The average Bonchev–Trinajstić information content (AvgIpc) is 3.45. The first-order chi connectivity index (χ1) is 21.7. The number of carbonyl (C=O) groups is 2. The molecule has 3 N–H and O–H groups in total. The van der Waals surface area contributed by atoms with Crippen LogP contribution < -0.4 is 24.4 Å². The first-order valence-electron chi connectivity index (χ1n) is 14.3. The van der Waals surface area contributed by atoms with Crippen LogP contribution in [0.5, 0.6) is 5.75 Å². The number of amides is 2. The third kappa shape index (κ3) is 7.51. The third-order valence-corrected chi connectivity index (χ3v) is 8.10. The minimum Gasteiger partial charge on any atom is -0.496 e. The van der Waals surface area contributed by atoms with E-state index in [1.165, 1.54) is 54.2 Å². The largest absolute Gasteiger partial charge is 0.496 e. The van der Waals surface area contributed by atoms with Crippen molar-refractivity contribution in [1.82, 2.24) is 23.8 Å². The van der Waals surface area contributed by atoms with E-state index >= 15 is 4.39 Å². The Hall–Kier alpha value is -4.83. The number of ether oxygens (including phenoxy) is 2. The van der Waals surface area contributed by atoms with Crippen molar-refractivity contribution in [2.75, 3.05) is 30.4 Å². The zero-order valence-corrected chi connectivity index (χ0v) is 26.3. The highest BCUT2D eigenvalue weighted by molar-refractivity contribution is 7.88. The molecule has 1 aliphatic heterocycles. The van der Waals surface area contributed by atoms with Crippen LogP contribution in [0.1, 0.15) is 44.1 Å². The van der Waals surface area contributed by atoms with Crippen molar-refractivity contribution in [1.29, 1.82) is 0 Å². The second kappa shape index (κ2) is 12.9. The Balaban J connectivity index is 1.33. The van der Waals surface area contributed by atoms with Crippen LogP contribution >= 0.6 is 0 Å². The van der Waals surface area contributed by atoms with Crippen molar-refractivity contribution in [2.45, 2.75) is 45.3 Å². The highest BCUT2D eigenvalue weighted by Crippen LogP contribution is 2.34. The minimum atomic E-state index is -4.18. The molecule has 3 heterocycles. The molecule has 244 valence electrons.